The van der Waals surface area contributed by atoms with Crippen molar-refractivity contribution in [3.05, 3.63) is 38.0 Å². The van der Waals surface area contributed by atoms with Crippen LogP contribution < -0.4 is 10.6 Å². The van der Waals surface area contributed by atoms with Crippen molar-refractivity contribution in [1.82, 2.24) is 15.6 Å². The monoisotopic (exact) mass is 350 g/mol. The summed E-state index contributed by atoms with van der Waals surface area (Å²) >= 11 is 3.56. The van der Waals surface area contributed by atoms with Gasteiger partial charge in [0.2, 0.25) is 0 Å². The Morgan fingerprint density at radius 1 is 1.30 bits per heavy atom. The number of nitrogens with one attached hydrogen (secondary N) is 2. The Hall–Kier alpha value is -1.40. The minimum Gasteiger partial charge on any atom is -0.357 e. The highest BCUT2D eigenvalue weighted by atomic mass is 32.1. The number of thiophene rings is 1. The highest BCUT2D eigenvalue weighted by Gasteiger charge is 2.06. The van der Waals surface area contributed by atoms with Crippen molar-refractivity contribution < 1.29 is 0 Å². The van der Waals surface area contributed by atoms with Gasteiger partial charge in [0.05, 0.1) is 17.2 Å². The van der Waals surface area contributed by atoms with Gasteiger partial charge in [-0.15, -0.1) is 22.7 Å². The molecule has 6 heteroatoms. The molecule has 0 radical (unpaired) electrons. The normalized spacial score (nSPS) is 12.0. The van der Waals surface area contributed by atoms with E-state index in [4.69, 9.17) is 0 Å². The third-order valence-corrected chi connectivity index (χ3v) is 5.45. The van der Waals surface area contributed by atoms with Crippen LogP contribution >= 0.6 is 22.7 Å². The second kappa shape index (κ2) is 9.03. The van der Waals surface area contributed by atoms with Crippen LogP contribution in [0.2, 0.25) is 0 Å². The standard InChI is InChI=1S/C17H26N4S2/c1-5-18-17(20-10-15-7-6-13(4)23-15)19-9-8-14-11-22-16(21-14)12(2)3/h6-7,11-12H,5,8-10H2,1-4H3,(H2,18,19,20). The SMILES string of the molecule is CCNC(=NCc1ccc(C)s1)NCCc1csc(C(C)C)n1. The Bertz CT molecular complexity index is 628. The van der Waals surface area contributed by atoms with Crippen LogP contribution in [0.25, 0.3) is 0 Å². The molecule has 0 aliphatic carbocycles. The molecule has 0 atom stereocenters. The van der Waals surface area contributed by atoms with Crippen LogP contribution in [-0.2, 0) is 13.0 Å². The molecule has 2 N–H and O–H groups in total. The third-order valence-electron chi connectivity index (χ3n) is 3.27. The molecule has 0 unspecified atom stereocenters. The molecule has 0 spiro atoms. The molecule has 0 fully saturated rings. The summed E-state index contributed by atoms with van der Waals surface area (Å²) in [5.74, 6) is 1.38. The Morgan fingerprint density at radius 2 is 2.13 bits per heavy atom. The number of aliphatic imine (C=N–C) groups is 1. The van der Waals surface area contributed by atoms with Crippen LogP contribution in [0.5, 0.6) is 0 Å². The first-order chi connectivity index (χ1) is 11.1. The summed E-state index contributed by atoms with van der Waals surface area (Å²) in [6.45, 7) is 11.0. The van der Waals surface area contributed by atoms with Gasteiger partial charge in [0.1, 0.15) is 0 Å². The summed E-state index contributed by atoms with van der Waals surface area (Å²) in [6.07, 6.45) is 0.922. The van der Waals surface area contributed by atoms with Crippen molar-refractivity contribution in [3.63, 3.8) is 0 Å². The van der Waals surface area contributed by atoms with Crippen molar-refractivity contribution in [1.29, 1.82) is 0 Å². The van der Waals surface area contributed by atoms with Gasteiger partial charge in [-0.2, -0.15) is 0 Å². The zero-order valence-corrected chi connectivity index (χ0v) is 16.0. The second-order valence-electron chi connectivity index (χ2n) is 5.72. The maximum atomic E-state index is 4.67. The molecule has 23 heavy (non-hydrogen) atoms. The largest absolute Gasteiger partial charge is 0.357 e. The molecule has 2 rings (SSSR count). The molecule has 2 aromatic rings. The molecule has 0 aliphatic heterocycles. The maximum Gasteiger partial charge on any atom is 0.191 e. The molecule has 0 aliphatic rings. The summed E-state index contributed by atoms with van der Waals surface area (Å²) in [7, 11) is 0. The first kappa shape index (κ1) is 17.9. The highest BCUT2D eigenvalue weighted by Crippen LogP contribution is 2.19. The van der Waals surface area contributed by atoms with E-state index in [1.807, 2.05) is 0 Å². The molecule has 2 aromatic heterocycles. The lowest BCUT2D eigenvalue weighted by Crippen LogP contribution is -2.38. The Kier molecular flexibility index (Phi) is 7.05. The number of aryl methyl sites for hydroxylation is 1. The van der Waals surface area contributed by atoms with E-state index in [0.717, 1.165) is 37.7 Å². The Balaban J connectivity index is 1.83. The molecule has 0 bridgehead atoms. The average Bonchev–Trinajstić information content (AvgIpc) is 3.14. The predicted molar refractivity (Wildman–Crippen MR) is 102 cm³/mol. The average molecular weight is 351 g/mol. The number of hydrogen-bond acceptors (Lipinski definition) is 4. The van der Waals surface area contributed by atoms with E-state index >= 15 is 0 Å². The van der Waals surface area contributed by atoms with Crippen molar-refractivity contribution in [2.24, 2.45) is 4.99 Å². The molecule has 126 valence electrons. The molecule has 2 heterocycles. The smallest absolute Gasteiger partial charge is 0.191 e. The topological polar surface area (TPSA) is 49.3 Å². The Morgan fingerprint density at radius 3 is 2.74 bits per heavy atom. The minimum atomic E-state index is 0.509. The molecular formula is C17H26N4S2. The number of nitrogens with zero attached hydrogens (tertiary/aromatic N) is 2. The van der Waals surface area contributed by atoms with Gasteiger partial charge in [-0.05, 0) is 26.0 Å². The summed E-state index contributed by atoms with van der Waals surface area (Å²) in [5, 5.41) is 10.1. The van der Waals surface area contributed by atoms with Gasteiger partial charge in [-0.3, -0.25) is 0 Å². The van der Waals surface area contributed by atoms with Gasteiger partial charge in [0.25, 0.3) is 0 Å². The molecule has 0 amide bonds. The van der Waals surface area contributed by atoms with E-state index in [0.29, 0.717) is 5.92 Å². The van der Waals surface area contributed by atoms with Crippen LogP contribution in [0, 0.1) is 6.92 Å². The zero-order valence-electron chi connectivity index (χ0n) is 14.3. The second-order valence-corrected chi connectivity index (χ2v) is 7.98. The van der Waals surface area contributed by atoms with Crippen molar-refractivity contribution in [2.45, 2.75) is 46.6 Å². The number of hydrogen-bond donors (Lipinski definition) is 2. The van der Waals surface area contributed by atoms with Gasteiger partial charge in [0.15, 0.2) is 5.96 Å². The number of guanidine groups is 1. The van der Waals surface area contributed by atoms with Gasteiger partial charge >= 0.3 is 0 Å². The lowest BCUT2D eigenvalue weighted by molar-refractivity contribution is 0.781. The molecule has 0 aromatic carbocycles. The third kappa shape index (κ3) is 5.95. The summed E-state index contributed by atoms with van der Waals surface area (Å²) < 4.78 is 0. The van der Waals surface area contributed by atoms with E-state index in [2.05, 4.69) is 65.8 Å². The number of aromatic nitrogens is 1. The molecule has 0 saturated carbocycles. The van der Waals surface area contributed by atoms with E-state index in [-0.39, 0.29) is 0 Å². The first-order valence-electron chi connectivity index (χ1n) is 8.10. The molecular weight excluding hydrogens is 324 g/mol. The van der Waals surface area contributed by atoms with Crippen LogP contribution in [0.4, 0.5) is 0 Å². The first-order valence-corrected chi connectivity index (χ1v) is 9.80. The predicted octanol–water partition coefficient (Wildman–Crippen LogP) is 3.93. The summed E-state index contributed by atoms with van der Waals surface area (Å²) in [6, 6.07) is 4.29. The van der Waals surface area contributed by atoms with Gasteiger partial charge < -0.3 is 10.6 Å². The summed E-state index contributed by atoms with van der Waals surface area (Å²) in [4.78, 5) is 11.9. The minimum absolute atomic E-state index is 0.509. The lowest BCUT2D eigenvalue weighted by Gasteiger charge is -2.10. The van der Waals surface area contributed by atoms with Crippen LogP contribution in [0.15, 0.2) is 22.5 Å². The molecule has 0 saturated heterocycles. The van der Waals surface area contributed by atoms with Crippen LogP contribution in [0.1, 0.15) is 47.1 Å². The van der Waals surface area contributed by atoms with Crippen molar-refractivity contribution in [3.8, 4) is 0 Å². The van der Waals surface area contributed by atoms with Gasteiger partial charge in [-0.1, -0.05) is 13.8 Å². The maximum absolute atomic E-state index is 4.67. The van der Waals surface area contributed by atoms with Crippen LogP contribution in [-0.4, -0.2) is 24.0 Å². The van der Waals surface area contributed by atoms with Gasteiger partial charge in [-0.25, -0.2) is 9.98 Å². The van der Waals surface area contributed by atoms with Crippen molar-refractivity contribution in [2.75, 3.05) is 13.1 Å². The molecule has 4 nitrogen and oxygen atoms in total. The van der Waals surface area contributed by atoms with Crippen molar-refractivity contribution >= 4 is 28.6 Å². The lowest BCUT2D eigenvalue weighted by atomic mass is 10.2. The highest BCUT2D eigenvalue weighted by molar-refractivity contribution is 7.11. The van der Waals surface area contributed by atoms with E-state index in [1.54, 1.807) is 22.7 Å². The Labute approximate surface area is 147 Å². The summed E-state index contributed by atoms with van der Waals surface area (Å²) in [5.41, 5.74) is 1.16. The van der Waals surface area contributed by atoms with Crippen LogP contribution in [0.3, 0.4) is 0 Å². The van der Waals surface area contributed by atoms with Gasteiger partial charge in [0, 0.05) is 40.6 Å². The number of rotatable bonds is 7. The number of thiazole rings is 1. The fourth-order valence-corrected chi connectivity index (χ4v) is 3.76. The fourth-order valence-electron chi connectivity index (χ4n) is 2.08. The van der Waals surface area contributed by atoms with E-state index in [1.165, 1.54) is 14.8 Å². The fraction of sp³-hybridized carbons (Fsp3) is 0.529. The zero-order chi connectivity index (χ0) is 16.7. The van der Waals surface area contributed by atoms with E-state index < -0.39 is 0 Å². The van der Waals surface area contributed by atoms with E-state index in [9.17, 15) is 0 Å². The quantitative estimate of drug-likeness (QED) is 0.587.